The molecule has 2 atom stereocenters. The van der Waals surface area contributed by atoms with Gasteiger partial charge in [0.15, 0.2) is 0 Å². The van der Waals surface area contributed by atoms with Crippen LogP contribution in [0.25, 0.3) is 21.9 Å². The molecule has 40 heavy (non-hydrogen) atoms. The maximum absolute atomic E-state index is 15.1. The van der Waals surface area contributed by atoms with Crippen molar-refractivity contribution in [1.29, 1.82) is 0 Å². The molecule has 0 radical (unpaired) electrons. The van der Waals surface area contributed by atoms with Crippen LogP contribution in [-0.4, -0.2) is 52.3 Å². The Kier molecular flexibility index (Phi) is 7.88. The SMILES string of the molecule is Cc1c(F)cc(C(=O)NC2CC2)cc1-c1ccc2c(=O)n(CC(C)(C)CO)cc(C(C)N3CCCC(N)C3)c2c1. The molecular formula is C32H41FN4O3. The molecule has 3 aromatic rings. The minimum atomic E-state index is -0.471. The van der Waals surface area contributed by atoms with Crippen molar-refractivity contribution in [2.45, 2.75) is 78.0 Å². The fraction of sp³-hybridized carbons (Fsp3) is 0.500. The van der Waals surface area contributed by atoms with Crippen LogP contribution in [0, 0.1) is 18.2 Å². The number of pyridine rings is 1. The zero-order valence-corrected chi connectivity index (χ0v) is 24.0. The normalized spacial score (nSPS) is 19.1. The number of aliphatic hydroxyl groups is 1. The molecule has 2 unspecified atom stereocenters. The summed E-state index contributed by atoms with van der Waals surface area (Å²) < 4.78 is 16.8. The Bertz CT molecular complexity index is 1490. The maximum atomic E-state index is 15.1. The van der Waals surface area contributed by atoms with Gasteiger partial charge in [0.25, 0.3) is 11.5 Å². The second-order valence-electron chi connectivity index (χ2n) is 12.6. The largest absolute Gasteiger partial charge is 0.396 e. The molecule has 1 amide bonds. The average Bonchev–Trinajstić information content (AvgIpc) is 3.75. The monoisotopic (exact) mass is 548 g/mol. The molecule has 0 spiro atoms. The van der Waals surface area contributed by atoms with Gasteiger partial charge >= 0.3 is 0 Å². The van der Waals surface area contributed by atoms with Gasteiger partial charge in [0.05, 0.1) is 0 Å². The highest BCUT2D eigenvalue weighted by atomic mass is 19.1. The van der Waals surface area contributed by atoms with E-state index in [0.717, 1.165) is 55.3 Å². The van der Waals surface area contributed by atoms with Gasteiger partial charge in [-0.1, -0.05) is 19.9 Å². The van der Waals surface area contributed by atoms with Gasteiger partial charge in [-0.15, -0.1) is 0 Å². The molecule has 1 aromatic heterocycles. The summed E-state index contributed by atoms with van der Waals surface area (Å²) in [4.78, 5) is 28.8. The van der Waals surface area contributed by atoms with Gasteiger partial charge in [0, 0.05) is 60.4 Å². The highest BCUT2D eigenvalue weighted by Gasteiger charge is 2.27. The van der Waals surface area contributed by atoms with E-state index in [1.54, 1.807) is 17.6 Å². The Hall–Kier alpha value is -3.07. The molecule has 0 bridgehead atoms. The summed E-state index contributed by atoms with van der Waals surface area (Å²) in [6, 6.07) is 8.91. The van der Waals surface area contributed by atoms with Crippen LogP contribution in [0.3, 0.4) is 0 Å². The number of hydrogen-bond donors (Lipinski definition) is 3. The van der Waals surface area contributed by atoms with Crippen molar-refractivity contribution < 1.29 is 14.3 Å². The summed E-state index contributed by atoms with van der Waals surface area (Å²) in [5, 5.41) is 14.2. The summed E-state index contributed by atoms with van der Waals surface area (Å²) in [6.07, 6.45) is 5.83. The number of carbonyl (C=O) groups excluding carboxylic acids is 1. The number of benzene rings is 2. The number of carbonyl (C=O) groups is 1. The summed E-state index contributed by atoms with van der Waals surface area (Å²) >= 11 is 0. The van der Waals surface area contributed by atoms with Crippen LogP contribution < -0.4 is 16.6 Å². The van der Waals surface area contributed by atoms with Crippen LogP contribution in [0.15, 0.2) is 41.3 Å². The quantitative estimate of drug-likeness (QED) is 0.385. The van der Waals surface area contributed by atoms with E-state index in [9.17, 15) is 14.7 Å². The molecule has 1 aliphatic carbocycles. The second-order valence-corrected chi connectivity index (χ2v) is 12.6. The van der Waals surface area contributed by atoms with Crippen molar-refractivity contribution in [2.75, 3.05) is 19.7 Å². The molecule has 214 valence electrons. The van der Waals surface area contributed by atoms with Crippen molar-refractivity contribution in [1.82, 2.24) is 14.8 Å². The summed E-state index contributed by atoms with van der Waals surface area (Å²) in [7, 11) is 0. The molecule has 2 aliphatic rings. The number of aromatic nitrogens is 1. The molecule has 2 aromatic carbocycles. The van der Waals surface area contributed by atoms with Crippen LogP contribution in [0.5, 0.6) is 0 Å². The van der Waals surface area contributed by atoms with Gasteiger partial charge in [0.2, 0.25) is 0 Å². The first-order valence-corrected chi connectivity index (χ1v) is 14.4. The van der Waals surface area contributed by atoms with Crippen molar-refractivity contribution in [3.05, 3.63) is 69.4 Å². The zero-order valence-electron chi connectivity index (χ0n) is 24.0. The molecule has 4 N–H and O–H groups in total. The van der Waals surface area contributed by atoms with E-state index in [-0.39, 0.29) is 36.2 Å². The van der Waals surface area contributed by atoms with Crippen molar-refractivity contribution in [2.24, 2.45) is 11.1 Å². The van der Waals surface area contributed by atoms with Crippen molar-refractivity contribution in [3.63, 3.8) is 0 Å². The number of rotatable bonds is 8. The van der Waals surface area contributed by atoms with E-state index in [4.69, 9.17) is 5.73 Å². The highest BCUT2D eigenvalue weighted by molar-refractivity contribution is 5.97. The Morgan fingerprint density at radius 3 is 2.62 bits per heavy atom. The summed E-state index contributed by atoms with van der Waals surface area (Å²) in [5.41, 5.74) is 8.84. The van der Waals surface area contributed by atoms with E-state index in [0.29, 0.717) is 28.6 Å². The Labute approximate surface area is 235 Å². The number of nitrogens with two attached hydrogens (primary N) is 1. The van der Waals surface area contributed by atoms with Gasteiger partial charge in [-0.25, -0.2) is 4.39 Å². The van der Waals surface area contributed by atoms with Crippen LogP contribution in [0.2, 0.25) is 0 Å². The first-order valence-electron chi connectivity index (χ1n) is 14.4. The minimum Gasteiger partial charge on any atom is -0.396 e. The Morgan fingerprint density at radius 2 is 1.95 bits per heavy atom. The predicted octanol–water partition coefficient (Wildman–Crippen LogP) is 4.51. The molecule has 2 fully saturated rings. The van der Waals surface area contributed by atoms with E-state index < -0.39 is 11.2 Å². The van der Waals surface area contributed by atoms with E-state index in [1.807, 2.05) is 38.2 Å². The summed E-state index contributed by atoms with van der Waals surface area (Å²) in [5.74, 6) is -0.704. The fourth-order valence-corrected chi connectivity index (χ4v) is 5.74. The zero-order chi connectivity index (χ0) is 28.8. The molecular weight excluding hydrogens is 507 g/mol. The van der Waals surface area contributed by atoms with E-state index >= 15 is 4.39 Å². The van der Waals surface area contributed by atoms with Gasteiger partial charge in [-0.05, 0) is 98.0 Å². The van der Waals surface area contributed by atoms with Gasteiger partial charge in [-0.2, -0.15) is 0 Å². The van der Waals surface area contributed by atoms with Gasteiger partial charge < -0.3 is 20.7 Å². The predicted molar refractivity (Wildman–Crippen MR) is 157 cm³/mol. The van der Waals surface area contributed by atoms with Crippen LogP contribution >= 0.6 is 0 Å². The van der Waals surface area contributed by atoms with E-state index in [2.05, 4.69) is 17.1 Å². The number of likely N-dealkylation sites (tertiary alicyclic amines) is 1. The highest BCUT2D eigenvalue weighted by Crippen LogP contribution is 2.34. The third kappa shape index (κ3) is 5.85. The minimum absolute atomic E-state index is 0.0123. The second kappa shape index (κ2) is 11.1. The Morgan fingerprint density at radius 1 is 1.20 bits per heavy atom. The van der Waals surface area contributed by atoms with Crippen LogP contribution in [0.4, 0.5) is 4.39 Å². The molecule has 1 aliphatic heterocycles. The van der Waals surface area contributed by atoms with Crippen LogP contribution in [-0.2, 0) is 6.54 Å². The number of hydrogen-bond acceptors (Lipinski definition) is 5. The molecule has 1 saturated heterocycles. The maximum Gasteiger partial charge on any atom is 0.258 e. The number of nitrogens with one attached hydrogen (secondary N) is 1. The van der Waals surface area contributed by atoms with Gasteiger partial charge in [0.1, 0.15) is 5.82 Å². The molecule has 2 heterocycles. The lowest BCUT2D eigenvalue weighted by atomic mass is 9.91. The Balaban J connectivity index is 1.65. The first kappa shape index (κ1) is 28.5. The van der Waals surface area contributed by atoms with Crippen molar-refractivity contribution >= 4 is 16.7 Å². The lowest BCUT2D eigenvalue weighted by Gasteiger charge is -2.36. The molecule has 7 nitrogen and oxygen atoms in total. The number of aliphatic hydroxyl groups excluding tert-OH is 1. The van der Waals surface area contributed by atoms with Gasteiger partial charge in [-0.3, -0.25) is 14.5 Å². The standard InChI is InChI=1S/C32H41FN4O3/c1-19-26(13-22(14-29(19)33)30(39)35-24-8-9-24)21-7-10-25-27(12-21)28(20(2)36-11-5-6-23(34)15-36)16-37(31(25)40)17-32(3,4)18-38/h7,10,12-14,16,20,23-24,38H,5-6,8-9,11,15,17-18,34H2,1-4H3,(H,35,39). The average molecular weight is 549 g/mol. The lowest BCUT2D eigenvalue weighted by molar-refractivity contribution is 0.0950. The third-order valence-corrected chi connectivity index (χ3v) is 8.46. The number of amides is 1. The summed E-state index contributed by atoms with van der Waals surface area (Å²) in [6.45, 7) is 9.74. The molecule has 1 saturated carbocycles. The topological polar surface area (TPSA) is 101 Å². The van der Waals surface area contributed by atoms with Crippen molar-refractivity contribution in [3.8, 4) is 11.1 Å². The smallest absolute Gasteiger partial charge is 0.258 e. The fourth-order valence-electron chi connectivity index (χ4n) is 5.74. The molecule has 5 rings (SSSR count). The number of halogens is 1. The number of nitrogens with zero attached hydrogens (tertiary/aromatic N) is 2. The number of fused-ring (bicyclic) bond motifs is 1. The third-order valence-electron chi connectivity index (χ3n) is 8.46. The first-order chi connectivity index (χ1) is 19.0. The lowest BCUT2D eigenvalue weighted by Crippen LogP contribution is -2.44. The van der Waals surface area contributed by atoms with E-state index in [1.165, 1.54) is 6.07 Å². The van der Waals surface area contributed by atoms with Crippen LogP contribution in [0.1, 0.15) is 74.0 Å². The number of piperidine rings is 1. The molecule has 8 heteroatoms.